The van der Waals surface area contributed by atoms with E-state index in [1.165, 1.54) is 6.39 Å². The van der Waals surface area contributed by atoms with Gasteiger partial charge >= 0.3 is 5.97 Å². The van der Waals surface area contributed by atoms with Crippen LogP contribution < -0.4 is 0 Å². The van der Waals surface area contributed by atoms with Crippen molar-refractivity contribution in [3.63, 3.8) is 0 Å². The molecule has 3 aromatic rings. The van der Waals surface area contributed by atoms with Crippen molar-refractivity contribution < 1.29 is 18.7 Å². The number of esters is 1. The van der Waals surface area contributed by atoms with E-state index < -0.39 is 5.97 Å². The standard InChI is InChI=1S/C16H11NO4/c18-13(11-5-2-1-3-6-11)9-20-16(19)12-7-4-8-14-15(12)17-10-21-14/h1-8,10H,9H2. The van der Waals surface area contributed by atoms with Gasteiger partial charge in [-0.3, -0.25) is 4.79 Å². The largest absolute Gasteiger partial charge is 0.454 e. The van der Waals surface area contributed by atoms with Crippen molar-refractivity contribution >= 4 is 22.9 Å². The van der Waals surface area contributed by atoms with Gasteiger partial charge in [-0.25, -0.2) is 9.78 Å². The van der Waals surface area contributed by atoms with Gasteiger partial charge in [0.05, 0.1) is 5.56 Å². The van der Waals surface area contributed by atoms with Crippen LogP contribution in [-0.2, 0) is 4.74 Å². The van der Waals surface area contributed by atoms with Crippen LogP contribution in [0.15, 0.2) is 59.3 Å². The van der Waals surface area contributed by atoms with Crippen molar-refractivity contribution in [1.29, 1.82) is 0 Å². The van der Waals surface area contributed by atoms with E-state index in [-0.39, 0.29) is 18.0 Å². The first-order valence-corrected chi connectivity index (χ1v) is 6.33. The molecule has 3 rings (SSSR count). The van der Waals surface area contributed by atoms with Gasteiger partial charge in [-0.2, -0.15) is 0 Å². The number of para-hydroxylation sites is 1. The summed E-state index contributed by atoms with van der Waals surface area (Å²) in [7, 11) is 0. The van der Waals surface area contributed by atoms with Crippen LogP contribution >= 0.6 is 0 Å². The van der Waals surface area contributed by atoms with E-state index in [1.807, 2.05) is 6.07 Å². The molecule has 0 aliphatic carbocycles. The molecule has 2 aromatic carbocycles. The second kappa shape index (κ2) is 5.58. The van der Waals surface area contributed by atoms with E-state index in [0.29, 0.717) is 16.7 Å². The number of aromatic nitrogens is 1. The summed E-state index contributed by atoms with van der Waals surface area (Å²) in [5.41, 5.74) is 1.71. The fraction of sp³-hybridized carbons (Fsp3) is 0.0625. The van der Waals surface area contributed by atoms with Crippen molar-refractivity contribution in [2.45, 2.75) is 0 Å². The van der Waals surface area contributed by atoms with Crippen molar-refractivity contribution in [2.24, 2.45) is 0 Å². The molecule has 0 saturated heterocycles. The van der Waals surface area contributed by atoms with Gasteiger partial charge in [0.15, 0.2) is 24.4 Å². The number of nitrogens with zero attached hydrogens (tertiary/aromatic N) is 1. The zero-order valence-corrected chi connectivity index (χ0v) is 11.0. The van der Waals surface area contributed by atoms with Crippen molar-refractivity contribution in [3.05, 3.63) is 66.1 Å². The van der Waals surface area contributed by atoms with Crippen molar-refractivity contribution in [1.82, 2.24) is 4.98 Å². The van der Waals surface area contributed by atoms with Crippen LogP contribution in [0.5, 0.6) is 0 Å². The van der Waals surface area contributed by atoms with Crippen LogP contribution in [0.2, 0.25) is 0 Å². The number of ether oxygens (including phenoxy) is 1. The summed E-state index contributed by atoms with van der Waals surface area (Å²) in [4.78, 5) is 27.9. The van der Waals surface area contributed by atoms with Gasteiger partial charge in [-0.15, -0.1) is 0 Å². The Labute approximate surface area is 120 Å². The van der Waals surface area contributed by atoms with Gasteiger partial charge in [-0.1, -0.05) is 36.4 Å². The molecule has 5 heteroatoms. The zero-order chi connectivity index (χ0) is 14.7. The normalized spacial score (nSPS) is 10.5. The first kappa shape index (κ1) is 13.1. The summed E-state index contributed by atoms with van der Waals surface area (Å²) in [5, 5.41) is 0. The molecule has 1 aromatic heterocycles. The molecule has 0 aliphatic heterocycles. The number of Topliss-reactive ketones (excluding diaryl/α,β-unsaturated/α-hetero) is 1. The number of fused-ring (bicyclic) bond motifs is 1. The summed E-state index contributed by atoms with van der Waals surface area (Å²) in [6.45, 7) is -0.308. The fourth-order valence-corrected chi connectivity index (χ4v) is 1.97. The van der Waals surface area contributed by atoms with E-state index in [2.05, 4.69) is 4.98 Å². The average molecular weight is 281 g/mol. The molecule has 0 atom stereocenters. The molecule has 21 heavy (non-hydrogen) atoms. The third-order valence-electron chi connectivity index (χ3n) is 3.01. The second-order valence-electron chi connectivity index (χ2n) is 4.37. The lowest BCUT2D eigenvalue weighted by molar-refractivity contribution is 0.0476. The minimum absolute atomic E-state index is 0.253. The Morgan fingerprint density at radius 2 is 1.86 bits per heavy atom. The van der Waals surface area contributed by atoms with Crippen LogP contribution in [0.1, 0.15) is 20.7 Å². The smallest absolute Gasteiger partial charge is 0.340 e. The highest BCUT2D eigenvalue weighted by atomic mass is 16.5. The summed E-state index contributed by atoms with van der Waals surface area (Å²) < 4.78 is 10.2. The van der Waals surface area contributed by atoms with Gasteiger partial charge in [0.2, 0.25) is 0 Å². The lowest BCUT2D eigenvalue weighted by atomic mass is 10.1. The second-order valence-corrected chi connectivity index (χ2v) is 4.37. The third kappa shape index (κ3) is 2.67. The summed E-state index contributed by atoms with van der Waals surface area (Å²) in [6.07, 6.45) is 1.26. The van der Waals surface area contributed by atoms with Gasteiger partial charge in [0, 0.05) is 5.56 Å². The number of benzene rings is 2. The van der Waals surface area contributed by atoms with Crippen molar-refractivity contribution in [2.75, 3.05) is 6.61 Å². The lowest BCUT2D eigenvalue weighted by Crippen LogP contribution is -2.14. The number of ketones is 1. The third-order valence-corrected chi connectivity index (χ3v) is 3.01. The molecule has 0 aliphatic rings. The highest BCUT2D eigenvalue weighted by Gasteiger charge is 2.16. The fourth-order valence-electron chi connectivity index (χ4n) is 1.97. The van der Waals surface area contributed by atoms with Crippen LogP contribution in [0.4, 0.5) is 0 Å². The molecule has 1 heterocycles. The van der Waals surface area contributed by atoms with Gasteiger partial charge in [0.1, 0.15) is 5.52 Å². The molecule has 0 amide bonds. The molecule has 0 saturated carbocycles. The lowest BCUT2D eigenvalue weighted by Gasteiger charge is -2.04. The number of hydrogen-bond acceptors (Lipinski definition) is 5. The first-order valence-electron chi connectivity index (χ1n) is 6.33. The summed E-state index contributed by atoms with van der Waals surface area (Å²) in [5.74, 6) is -0.852. The predicted octanol–water partition coefficient (Wildman–Crippen LogP) is 2.87. The Morgan fingerprint density at radius 1 is 1.05 bits per heavy atom. The minimum atomic E-state index is -0.598. The summed E-state index contributed by atoms with van der Waals surface area (Å²) >= 11 is 0. The Bertz CT molecular complexity index is 792. The average Bonchev–Trinajstić information content (AvgIpc) is 3.01. The van der Waals surface area contributed by atoms with E-state index >= 15 is 0 Å². The van der Waals surface area contributed by atoms with Crippen LogP contribution in [0.25, 0.3) is 11.1 Å². The molecule has 5 nitrogen and oxygen atoms in total. The Kier molecular flexibility index (Phi) is 3.47. The highest BCUT2D eigenvalue weighted by molar-refractivity contribution is 6.03. The van der Waals surface area contributed by atoms with Gasteiger partial charge in [-0.05, 0) is 12.1 Å². The zero-order valence-electron chi connectivity index (χ0n) is 11.0. The molecular formula is C16H11NO4. The number of carbonyl (C=O) groups excluding carboxylic acids is 2. The van der Waals surface area contributed by atoms with Crippen LogP contribution in [0.3, 0.4) is 0 Å². The number of carbonyl (C=O) groups is 2. The Balaban J connectivity index is 1.72. The van der Waals surface area contributed by atoms with Crippen LogP contribution in [0, 0.1) is 0 Å². The Morgan fingerprint density at radius 3 is 2.67 bits per heavy atom. The molecule has 0 spiro atoms. The SMILES string of the molecule is O=C(COC(=O)c1cccc2ocnc12)c1ccccc1. The van der Waals surface area contributed by atoms with Gasteiger partial charge in [0.25, 0.3) is 0 Å². The van der Waals surface area contributed by atoms with E-state index in [9.17, 15) is 9.59 Å². The molecule has 0 unspecified atom stereocenters. The van der Waals surface area contributed by atoms with Gasteiger partial charge < -0.3 is 9.15 Å². The number of rotatable bonds is 4. The Hall–Kier alpha value is -2.95. The first-order chi connectivity index (χ1) is 10.3. The maximum Gasteiger partial charge on any atom is 0.340 e. The van der Waals surface area contributed by atoms with E-state index in [4.69, 9.17) is 9.15 Å². The minimum Gasteiger partial charge on any atom is -0.454 e. The quantitative estimate of drug-likeness (QED) is 0.543. The predicted molar refractivity (Wildman–Crippen MR) is 75.1 cm³/mol. The topological polar surface area (TPSA) is 69.4 Å². The summed E-state index contributed by atoms with van der Waals surface area (Å²) in [6, 6.07) is 13.6. The van der Waals surface area contributed by atoms with E-state index in [1.54, 1.807) is 42.5 Å². The molecule has 0 fully saturated rings. The maximum absolute atomic E-state index is 12.0. The molecule has 0 N–H and O–H groups in total. The van der Waals surface area contributed by atoms with Crippen molar-refractivity contribution in [3.8, 4) is 0 Å². The molecule has 104 valence electrons. The highest BCUT2D eigenvalue weighted by Crippen LogP contribution is 2.17. The molecule has 0 radical (unpaired) electrons. The molecule has 0 bridgehead atoms. The monoisotopic (exact) mass is 281 g/mol. The molecular weight excluding hydrogens is 270 g/mol. The number of oxazole rings is 1. The van der Waals surface area contributed by atoms with E-state index in [0.717, 1.165) is 0 Å². The van der Waals surface area contributed by atoms with Crippen LogP contribution in [-0.4, -0.2) is 23.3 Å². The maximum atomic E-state index is 12.0. The number of hydrogen-bond donors (Lipinski definition) is 0.